The monoisotopic (exact) mass is 311 g/mol. The van der Waals surface area contributed by atoms with E-state index in [9.17, 15) is 4.79 Å². The highest BCUT2D eigenvalue weighted by Gasteiger charge is 2.16. The number of carbonyl (C=O) groups is 3. The van der Waals surface area contributed by atoms with Crippen LogP contribution in [-0.4, -0.2) is 33.7 Å². The van der Waals surface area contributed by atoms with E-state index in [0.29, 0.717) is 13.0 Å². The highest BCUT2D eigenvalue weighted by molar-refractivity contribution is 6.27. The van der Waals surface area contributed by atoms with Crippen molar-refractivity contribution in [2.45, 2.75) is 39.3 Å². The van der Waals surface area contributed by atoms with E-state index in [4.69, 9.17) is 30.3 Å². The second kappa shape index (κ2) is 8.78. The van der Waals surface area contributed by atoms with Crippen LogP contribution in [-0.2, 0) is 32.1 Å². The van der Waals surface area contributed by atoms with Gasteiger partial charge in [0.2, 0.25) is 0 Å². The quantitative estimate of drug-likeness (QED) is 0.565. The fourth-order valence-electron chi connectivity index (χ4n) is 1.41. The van der Waals surface area contributed by atoms with E-state index in [0.717, 1.165) is 11.1 Å². The molecule has 22 heavy (non-hydrogen) atoms. The highest BCUT2D eigenvalue weighted by Crippen LogP contribution is 2.11. The van der Waals surface area contributed by atoms with Gasteiger partial charge in [-0.05, 0) is 31.9 Å². The van der Waals surface area contributed by atoms with Gasteiger partial charge in [-0.1, -0.05) is 24.3 Å². The van der Waals surface area contributed by atoms with Crippen molar-refractivity contribution < 1.29 is 29.3 Å². The van der Waals surface area contributed by atoms with Crippen LogP contribution in [0.1, 0.15) is 31.9 Å². The largest absolute Gasteiger partial charge is 0.473 e. The minimum atomic E-state index is -1.82. The molecule has 0 aliphatic rings. The Morgan fingerprint density at radius 2 is 1.59 bits per heavy atom. The first-order valence-corrected chi connectivity index (χ1v) is 6.51. The van der Waals surface area contributed by atoms with E-state index in [1.165, 1.54) is 0 Å². The molecule has 0 aromatic heterocycles. The molecule has 0 bridgehead atoms. The zero-order valence-electron chi connectivity index (χ0n) is 12.8. The van der Waals surface area contributed by atoms with E-state index in [1.54, 1.807) is 0 Å². The van der Waals surface area contributed by atoms with E-state index < -0.39 is 17.5 Å². The second-order valence-electron chi connectivity index (χ2n) is 5.40. The van der Waals surface area contributed by atoms with Crippen molar-refractivity contribution >= 4 is 17.9 Å². The summed E-state index contributed by atoms with van der Waals surface area (Å²) in [5.74, 6) is -3.85. The molecule has 4 N–H and O–H groups in total. The zero-order valence-corrected chi connectivity index (χ0v) is 12.8. The third-order valence-electron chi connectivity index (χ3n) is 2.18. The maximum absolute atomic E-state index is 11.6. The number of esters is 1. The number of nitrogens with two attached hydrogens (primary N) is 1. The lowest BCUT2D eigenvalue weighted by Crippen LogP contribution is -2.24. The number of carboxylic acids is 2. The Morgan fingerprint density at radius 3 is 2.00 bits per heavy atom. The minimum Gasteiger partial charge on any atom is -0.473 e. The predicted octanol–water partition coefficient (Wildman–Crippen LogP) is 1.19. The lowest BCUT2D eigenvalue weighted by atomic mass is 10.1. The topological polar surface area (TPSA) is 127 Å². The zero-order chi connectivity index (χ0) is 17.3. The fraction of sp³-hybridized carbons (Fsp3) is 0.400. The molecule has 0 aliphatic carbocycles. The molecule has 1 aromatic rings. The van der Waals surface area contributed by atoms with Gasteiger partial charge in [0.25, 0.3) is 0 Å². The van der Waals surface area contributed by atoms with Gasteiger partial charge in [-0.2, -0.15) is 0 Å². The Morgan fingerprint density at radius 1 is 1.09 bits per heavy atom. The molecule has 0 heterocycles. The van der Waals surface area contributed by atoms with E-state index in [-0.39, 0.29) is 5.97 Å². The maximum atomic E-state index is 11.6. The molecule has 0 fully saturated rings. The molecule has 0 radical (unpaired) electrons. The Hall–Kier alpha value is -2.41. The number of ether oxygens (including phenoxy) is 1. The summed E-state index contributed by atoms with van der Waals surface area (Å²) in [6.07, 6.45) is 0.297. The molecule has 122 valence electrons. The van der Waals surface area contributed by atoms with E-state index >= 15 is 0 Å². The lowest BCUT2D eigenvalue weighted by Gasteiger charge is -2.19. The second-order valence-corrected chi connectivity index (χ2v) is 5.40. The molecule has 7 nitrogen and oxygen atoms in total. The highest BCUT2D eigenvalue weighted by atomic mass is 16.6. The summed E-state index contributed by atoms with van der Waals surface area (Å²) in [6, 6.07) is 7.69. The molecular formula is C15H21NO6. The lowest BCUT2D eigenvalue weighted by molar-refractivity contribution is -0.159. The molecular weight excluding hydrogens is 290 g/mol. The standard InChI is InChI=1S/C13H19NO2.C2H2O4/c1-13(2,3)16-12(15)8-10-5-4-6-11(7-10)9-14;3-1(4)2(5)6/h4-7H,8-9,14H2,1-3H3;(H,3,4)(H,5,6). The van der Waals surface area contributed by atoms with E-state index in [2.05, 4.69) is 0 Å². The number of carbonyl (C=O) groups excluding carboxylic acids is 1. The van der Waals surface area contributed by atoms with Crippen LogP contribution in [0.25, 0.3) is 0 Å². The van der Waals surface area contributed by atoms with Crippen LogP contribution in [0, 0.1) is 0 Å². The summed E-state index contributed by atoms with van der Waals surface area (Å²) in [7, 11) is 0. The first-order chi connectivity index (χ1) is 10.0. The number of rotatable bonds is 3. The minimum absolute atomic E-state index is 0.207. The van der Waals surface area contributed by atoms with Crippen molar-refractivity contribution in [1.82, 2.24) is 0 Å². The number of carboxylic acid groups (broad SMARTS) is 2. The van der Waals surface area contributed by atoms with Gasteiger partial charge < -0.3 is 20.7 Å². The maximum Gasteiger partial charge on any atom is 0.414 e. The normalized spacial score (nSPS) is 10.2. The smallest absolute Gasteiger partial charge is 0.414 e. The van der Waals surface area contributed by atoms with Crippen LogP contribution in [0.2, 0.25) is 0 Å². The van der Waals surface area contributed by atoms with Crippen LogP contribution < -0.4 is 5.73 Å². The first kappa shape index (κ1) is 19.6. The summed E-state index contributed by atoms with van der Waals surface area (Å²) >= 11 is 0. The van der Waals surface area contributed by atoms with Gasteiger partial charge >= 0.3 is 17.9 Å². The Labute approximate surface area is 128 Å². The summed E-state index contributed by atoms with van der Waals surface area (Å²) in [5.41, 5.74) is 7.08. The molecule has 7 heteroatoms. The van der Waals surface area contributed by atoms with Crippen molar-refractivity contribution in [2.75, 3.05) is 0 Å². The first-order valence-electron chi connectivity index (χ1n) is 6.51. The van der Waals surface area contributed by atoms with Crippen LogP contribution in [0.4, 0.5) is 0 Å². The molecule has 0 saturated carbocycles. The van der Waals surface area contributed by atoms with Gasteiger partial charge in [0.1, 0.15) is 5.60 Å². The molecule has 0 spiro atoms. The van der Waals surface area contributed by atoms with Crippen LogP contribution in [0.3, 0.4) is 0 Å². The molecule has 0 unspecified atom stereocenters. The Balaban J connectivity index is 0.000000626. The Bertz CT molecular complexity index is 521. The molecule has 0 amide bonds. The summed E-state index contributed by atoms with van der Waals surface area (Å²) in [5, 5.41) is 14.8. The van der Waals surface area contributed by atoms with Gasteiger partial charge in [-0.15, -0.1) is 0 Å². The van der Waals surface area contributed by atoms with Crippen molar-refractivity contribution in [1.29, 1.82) is 0 Å². The third kappa shape index (κ3) is 9.49. The molecule has 0 atom stereocenters. The Kier molecular flexibility index (Phi) is 7.82. The molecule has 1 aromatic carbocycles. The van der Waals surface area contributed by atoms with Gasteiger partial charge in [0.05, 0.1) is 6.42 Å². The van der Waals surface area contributed by atoms with Gasteiger partial charge in [-0.25, -0.2) is 9.59 Å². The van der Waals surface area contributed by atoms with Crippen LogP contribution in [0.15, 0.2) is 24.3 Å². The van der Waals surface area contributed by atoms with Crippen molar-refractivity contribution in [3.8, 4) is 0 Å². The molecule has 1 rings (SSSR count). The average molecular weight is 311 g/mol. The summed E-state index contributed by atoms with van der Waals surface area (Å²) < 4.78 is 5.24. The summed E-state index contributed by atoms with van der Waals surface area (Å²) in [4.78, 5) is 29.8. The SMILES string of the molecule is CC(C)(C)OC(=O)Cc1cccc(CN)c1.O=C(O)C(=O)O. The summed E-state index contributed by atoms with van der Waals surface area (Å²) in [6.45, 7) is 6.08. The van der Waals surface area contributed by atoms with Crippen molar-refractivity contribution in [3.05, 3.63) is 35.4 Å². The van der Waals surface area contributed by atoms with E-state index in [1.807, 2.05) is 45.0 Å². The number of benzene rings is 1. The van der Waals surface area contributed by atoms with Crippen molar-refractivity contribution in [3.63, 3.8) is 0 Å². The molecule has 0 aliphatic heterocycles. The number of hydrogen-bond acceptors (Lipinski definition) is 5. The predicted molar refractivity (Wildman–Crippen MR) is 79.2 cm³/mol. The third-order valence-corrected chi connectivity index (χ3v) is 2.18. The molecule has 0 saturated heterocycles. The van der Waals surface area contributed by atoms with Gasteiger partial charge in [0, 0.05) is 6.54 Å². The number of aliphatic carboxylic acids is 2. The van der Waals surface area contributed by atoms with Crippen LogP contribution >= 0.6 is 0 Å². The van der Waals surface area contributed by atoms with Gasteiger partial charge in [-0.3, -0.25) is 4.79 Å². The fourth-order valence-corrected chi connectivity index (χ4v) is 1.41. The van der Waals surface area contributed by atoms with Crippen LogP contribution in [0.5, 0.6) is 0 Å². The number of hydrogen-bond donors (Lipinski definition) is 3. The van der Waals surface area contributed by atoms with Crippen molar-refractivity contribution in [2.24, 2.45) is 5.73 Å². The average Bonchev–Trinajstić information content (AvgIpc) is 2.37. The van der Waals surface area contributed by atoms with Gasteiger partial charge in [0.15, 0.2) is 0 Å².